The van der Waals surface area contributed by atoms with Crippen LogP contribution < -0.4 is 4.72 Å². The highest BCUT2D eigenvalue weighted by Crippen LogP contribution is 2.07. The van der Waals surface area contributed by atoms with Crippen molar-refractivity contribution < 1.29 is 13.5 Å². The molecule has 0 unspecified atom stereocenters. The minimum Gasteiger partial charge on any atom is -0.396 e. The van der Waals surface area contributed by atoms with Crippen molar-refractivity contribution in [1.29, 1.82) is 0 Å². The van der Waals surface area contributed by atoms with E-state index in [1.54, 1.807) is 18.5 Å². The number of aryl methyl sites for hydroxylation is 2. The number of rotatable bonds is 6. The van der Waals surface area contributed by atoms with E-state index >= 15 is 0 Å². The Morgan fingerprint density at radius 1 is 1.50 bits per heavy atom. The van der Waals surface area contributed by atoms with E-state index in [1.165, 1.54) is 6.20 Å². The predicted octanol–water partition coefficient (Wildman–Crippen LogP) is -0.221. The zero-order valence-electron chi connectivity index (χ0n) is 9.47. The number of hydrogen-bond donors (Lipinski definition) is 2. The van der Waals surface area contributed by atoms with Crippen molar-refractivity contribution in [3.05, 3.63) is 12.0 Å². The third-order valence-corrected chi connectivity index (χ3v) is 3.57. The zero-order chi connectivity index (χ0) is 12.2. The molecule has 16 heavy (non-hydrogen) atoms. The summed E-state index contributed by atoms with van der Waals surface area (Å²) in [6, 6.07) is 0. The van der Waals surface area contributed by atoms with Crippen molar-refractivity contribution in [2.24, 2.45) is 7.05 Å². The SMILES string of the molecule is Cc1nc(S(=O)(=O)NCCCCO)cn1C. The lowest BCUT2D eigenvalue weighted by Crippen LogP contribution is -2.25. The summed E-state index contributed by atoms with van der Waals surface area (Å²) in [6.07, 6.45) is 2.68. The van der Waals surface area contributed by atoms with Crippen LogP contribution in [0, 0.1) is 6.92 Å². The Bertz CT molecular complexity index is 419. The highest BCUT2D eigenvalue weighted by atomic mass is 32.2. The fourth-order valence-corrected chi connectivity index (χ4v) is 2.28. The van der Waals surface area contributed by atoms with Crippen LogP contribution in [-0.2, 0) is 17.1 Å². The minimum atomic E-state index is -3.51. The highest BCUT2D eigenvalue weighted by molar-refractivity contribution is 7.89. The normalized spacial score (nSPS) is 11.9. The molecule has 0 atom stereocenters. The molecule has 0 bridgehead atoms. The second kappa shape index (κ2) is 5.42. The summed E-state index contributed by atoms with van der Waals surface area (Å²) >= 11 is 0. The summed E-state index contributed by atoms with van der Waals surface area (Å²) < 4.78 is 27.5. The van der Waals surface area contributed by atoms with Gasteiger partial charge in [0.1, 0.15) is 5.82 Å². The molecule has 0 fully saturated rings. The lowest BCUT2D eigenvalue weighted by Gasteiger charge is -2.02. The number of aliphatic hydroxyl groups is 1. The van der Waals surface area contributed by atoms with Crippen molar-refractivity contribution in [1.82, 2.24) is 14.3 Å². The van der Waals surface area contributed by atoms with Gasteiger partial charge in [0.25, 0.3) is 10.0 Å². The van der Waals surface area contributed by atoms with E-state index in [0.717, 1.165) is 0 Å². The third-order valence-electron chi connectivity index (χ3n) is 2.24. The van der Waals surface area contributed by atoms with Gasteiger partial charge >= 0.3 is 0 Å². The third kappa shape index (κ3) is 3.29. The highest BCUT2D eigenvalue weighted by Gasteiger charge is 2.17. The molecule has 1 aromatic rings. The minimum absolute atomic E-state index is 0.0384. The van der Waals surface area contributed by atoms with Crippen molar-refractivity contribution in [2.45, 2.75) is 24.8 Å². The molecule has 1 heterocycles. The average Bonchev–Trinajstić information content (AvgIpc) is 2.55. The second-order valence-electron chi connectivity index (χ2n) is 3.57. The van der Waals surface area contributed by atoms with E-state index in [1.807, 2.05) is 0 Å². The van der Waals surface area contributed by atoms with Gasteiger partial charge in [-0.25, -0.2) is 18.1 Å². The molecule has 6 nitrogen and oxygen atoms in total. The molecule has 0 spiro atoms. The quantitative estimate of drug-likeness (QED) is 0.681. The Labute approximate surface area is 95.4 Å². The van der Waals surface area contributed by atoms with Crippen molar-refractivity contribution in [3.8, 4) is 0 Å². The van der Waals surface area contributed by atoms with Gasteiger partial charge in [0, 0.05) is 26.4 Å². The number of nitrogens with one attached hydrogen (secondary N) is 1. The maximum absolute atomic E-state index is 11.7. The Morgan fingerprint density at radius 3 is 2.69 bits per heavy atom. The Hall–Kier alpha value is -0.920. The predicted molar refractivity (Wildman–Crippen MR) is 59.5 cm³/mol. The Morgan fingerprint density at radius 2 is 2.19 bits per heavy atom. The van der Waals surface area contributed by atoms with Gasteiger partial charge in [-0.3, -0.25) is 0 Å². The van der Waals surface area contributed by atoms with E-state index < -0.39 is 10.0 Å². The number of unbranched alkanes of at least 4 members (excludes halogenated alkanes) is 1. The summed E-state index contributed by atoms with van der Waals surface area (Å²) in [7, 11) is -1.76. The monoisotopic (exact) mass is 247 g/mol. The van der Waals surface area contributed by atoms with Crippen LogP contribution in [0.3, 0.4) is 0 Å². The lowest BCUT2D eigenvalue weighted by atomic mass is 10.3. The van der Waals surface area contributed by atoms with Crippen molar-refractivity contribution in [2.75, 3.05) is 13.2 Å². The molecular weight excluding hydrogens is 230 g/mol. The number of imidazole rings is 1. The molecule has 0 aliphatic rings. The molecule has 0 saturated heterocycles. The number of nitrogens with zero attached hydrogens (tertiary/aromatic N) is 2. The molecule has 0 aliphatic heterocycles. The van der Waals surface area contributed by atoms with Gasteiger partial charge < -0.3 is 9.67 Å². The molecule has 1 aromatic heterocycles. The first-order valence-corrected chi connectivity index (χ1v) is 6.56. The van der Waals surface area contributed by atoms with Gasteiger partial charge in [0.15, 0.2) is 5.03 Å². The molecule has 0 amide bonds. The first-order chi connectivity index (χ1) is 7.47. The van der Waals surface area contributed by atoms with Crippen LogP contribution in [0.15, 0.2) is 11.2 Å². The van der Waals surface area contributed by atoms with Crippen LogP contribution >= 0.6 is 0 Å². The molecule has 0 radical (unpaired) electrons. The Balaban J connectivity index is 2.64. The topological polar surface area (TPSA) is 84.2 Å². The number of sulfonamides is 1. The van der Waals surface area contributed by atoms with Crippen molar-refractivity contribution in [3.63, 3.8) is 0 Å². The van der Waals surface area contributed by atoms with Crippen molar-refractivity contribution >= 4 is 10.0 Å². The molecule has 0 aliphatic carbocycles. The van der Waals surface area contributed by atoms with Crippen LogP contribution in [0.1, 0.15) is 18.7 Å². The summed E-state index contributed by atoms with van der Waals surface area (Å²) in [6.45, 7) is 2.13. The molecule has 1 rings (SSSR count). The lowest BCUT2D eigenvalue weighted by molar-refractivity contribution is 0.285. The average molecular weight is 247 g/mol. The molecule has 92 valence electrons. The first kappa shape index (κ1) is 13.1. The number of aliphatic hydroxyl groups excluding tert-OH is 1. The van der Waals surface area contributed by atoms with Gasteiger partial charge in [-0.15, -0.1) is 0 Å². The number of aromatic nitrogens is 2. The van der Waals surface area contributed by atoms with E-state index in [0.29, 0.717) is 25.2 Å². The van der Waals surface area contributed by atoms with Gasteiger partial charge in [0.2, 0.25) is 0 Å². The summed E-state index contributed by atoms with van der Waals surface area (Å²) in [5, 5.41) is 8.60. The van der Waals surface area contributed by atoms with E-state index in [9.17, 15) is 8.42 Å². The molecule has 0 saturated carbocycles. The first-order valence-electron chi connectivity index (χ1n) is 5.08. The van der Waals surface area contributed by atoms with Gasteiger partial charge in [-0.05, 0) is 19.8 Å². The van der Waals surface area contributed by atoms with E-state index in [2.05, 4.69) is 9.71 Å². The van der Waals surface area contributed by atoms with Crippen LogP contribution in [0.2, 0.25) is 0 Å². The Kier molecular flexibility index (Phi) is 4.45. The maximum atomic E-state index is 11.7. The largest absolute Gasteiger partial charge is 0.396 e. The summed E-state index contributed by atoms with van der Waals surface area (Å²) in [5.41, 5.74) is 0. The summed E-state index contributed by atoms with van der Waals surface area (Å²) in [4.78, 5) is 3.94. The van der Waals surface area contributed by atoms with Gasteiger partial charge in [-0.2, -0.15) is 0 Å². The molecular formula is C9H17N3O3S. The fraction of sp³-hybridized carbons (Fsp3) is 0.667. The molecule has 0 aromatic carbocycles. The molecule has 7 heteroatoms. The fourth-order valence-electron chi connectivity index (χ4n) is 1.17. The smallest absolute Gasteiger partial charge is 0.259 e. The molecule has 2 N–H and O–H groups in total. The van der Waals surface area contributed by atoms with E-state index in [-0.39, 0.29) is 11.6 Å². The standard InChI is InChI=1S/C9H17N3O3S/c1-8-11-9(7-12(8)2)16(14,15)10-5-3-4-6-13/h7,10,13H,3-6H2,1-2H3. The zero-order valence-corrected chi connectivity index (χ0v) is 10.3. The number of hydrogen-bond acceptors (Lipinski definition) is 4. The van der Waals surface area contributed by atoms with Gasteiger partial charge in [0.05, 0.1) is 0 Å². The van der Waals surface area contributed by atoms with Crippen LogP contribution in [-0.4, -0.2) is 36.2 Å². The van der Waals surface area contributed by atoms with Crippen LogP contribution in [0.4, 0.5) is 0 Å². The van der Waals surface area contributed by atoms with Gasteiger partial charge in [-0.1, -0.05) is 0 Å². The van der Waals surface area contributed by atoms with E-state index in [4.69, 9.17) is 5.11 Å². The summed E-state index contributed by atoms with van der Waals surface area (Å²) in [5.74, 6) is 0.649. The maximum Gasteiger partial charge on any atom is 0.259 e. The second-order valence-corrected chi connectivity index (χ2v) is 5.28. The van der Waals surface area contributed by atoms with Crippen LogP contribution in [0.25, 0.3) is 0 Å². The van der Waals surface area contributed by atoms with Crippen LogP contribution in [0.5, 0.6) is 0 Å².